The molecule has 1 saturated heterocycles. The van der Waals surface area contributed by atoms with Gasteiger partial charge in [-0.2, -0.15) is 4.31 Å². The molecule has 0 unspecified atom stereocenters. The van der Waals surface area contributed by atoms with Gasteiger partial charge in [0.1, 0.15) is 10.7 Å². The average Bonchev–Trinajstić information content (AvgIpc) is 3.24. The van der Waals surface area contributed by atoms with Gasteiger partial charge in [0.25, 0.3) is 5.91 Å². The Morgan fingerprint density at radius 2 is 1.92 bits per heavy atom. The lowest BCUT2D eigenvalue weighted by atomic mass is 9.89. The fraction of sp³-hybridized carbons (Fsp3) is 0.706. The van der Waals surface area contributed by atoms with Gasteiger partial charge in [-0.25, -0.2) is 8.42 Å². The van der Waals surface area contributed by atoms with Crippen LogP contribution in [-0.4, -0.2) is 49.0 Å². The van der Waals surface area contributed by atoms with Gasteiger partial charge < -0.3 is 14.8 Å². The Labute approximate surface area is 149 Å². The van der Waals surface area contributed by atoms with Crippen LogP contribution in [-0.2, 0) is 10.0 Å². The summed E-state index contributed by atoms with van der Waals surface area (Å²) in [5.74, 6) is -0.250. The maximum Gasteiger partial charge on any atom is 0.287 e. The predicted molar refractivity (Wildman–Crippen MR) is 93.9 cm³/mol. The summed E-state index contributed by atoms with van der Waals surface area (Å²) >= 11 is 0. The summed E-state index contributed by atoms with van der Waals surface area (Å²) in [6, 6.07) is 1.31. The van der Waals surface area contributed by atoms with Crippen molar-refractivity contribution in [2.45, 2.75) is 63.3 Å². The van der Waals surface area contributed by atoms with E-state index in [9.17, 15) is 18.3 Å². The van der Waals surface area contributed by atoms with E-state index in [4.69, 9.17) is 4.42 Å². The first-order valence-corrected chi connectivity index (χ1v) is 10.3. The van der Waals surface area contributed by atoms with E-state index in [0.29, 0.717) is 32.4 Å². The second kappa shape index (κ2) is 7.88. The molecule has 1 aromatic rings. The molecule has 1 aromatic heterocycles. The second-order valence-corrected chi connectivity index (χ2v) is 8.46. The minimum absolute atomic E-state index is 0.0144. The van der Waals surface area contributed by atoms with E-state index in [1.54, 1.807) is 6.92 Å². The monoisotopic (exact) mass is 372 g/mol. The van der Waals surface area contributed by atoms with Crippen molar-refractivity contribution in [3.8, 4) is 0 Å². The van der Waals surface area contributed by atoms with Crippen molar-refractivity contribution in [1.29, 1.82) is 0 Å². The maximum atomic E-state index is 12.7. The van der Waals surface area contributed by atoms with Crippen LogP contribution in [0.25, 0.3) is 0 Å². The molecule has 8 heteroatoms. The van der Waals surface area contributed by atoms with Crippen LogP contribution in [0.4, 0.5) is 0 Å². The Morgan fingerprint density at radius 3 is 2.44 bits per heavy atom. The molecule has 0 aromatic carbocycles. The topological polar surface area (TPSA) is 99.8 Å². The minimum Gasteiger partial charge on any atom is -0.455 e. The highest BCUT2D eigenvalue weighted by molar-refractivity contribution is 7.89. The predicted octanol–water partition coefficient (Wildman–Crippen LogP) is 2.04. The third kappa shape index (κ3) is 4.07. The molecule has 1 fully saturated rings. The van der Waals surface area contributed by atoms with Crippen LogP contribution in [0.2, 0.25) is 0 Å². The molecule has 0 aliphatic carbocycles. The van der Waals surface area contributed by atoms with Crippen LogP contribution in [0.15, 0.2) is 15.4 Å². The lowest BCUT2D eigenvalue weighted by Crippen LogP contribution is -2.48. The van der Waals surface area contributed by atoms with Gasteiger partial charge in [0.15, 0.2) is 5.76 Å². The highest BCUT2D eigenvalue weighted by atomic mass is 32.2. The number of aryl methyl sites for hydroxylation is 1. The molecule has 0 radical (unpaired) electrons. The molecular weight excluding hydrogens is 344 g/mol. The van der Waals surface area contributed by atoms with Crippen molar-refractivity contribution < 1.29 is 22.7 Å². The Balaban J connectivity index is 2.25. The van der Waals surface area contributed by atoms with E-state index in [-0.39, 0.29) is 23.0 Å². The quantitative estimate of drug-likeness (QED) is 0.727. The molecule has 0 bridgehead atoms. The Hall–Kier alpha value is -1.38. The number of carbonyl (C=O) groups excluding carboxylic acids is 1. The smallest absolute Gasteiger partial charge is 0.287 e. The number of sulfonamides is 1. The van der Waals surface area contributed by atoms with Crippen molar-refractivity contribution in [2.75, 3.05) is 19.7 Å². The zero-order valence-electron chi connectivity index (χ0n) is 15.2. The van der Waals surface area contributed by atoms with Gasteiger partial charge in [0.05, 0.1) is 0 Å². The van der Waals surface area contributed by atoms with Gasteiger partial charge in [0, 0.05) is 31.3 Å². The summed E-state index contributed by atoms with van der Waals surface area (Å²) in [7, 11) is -3.63. The number of nitrogens with zero attached hydrogens (tertiary/aromatic N) is 1. The molecule has 7 nitrogen and oxygen atoms in total. The van der Waals surface area contributed by atoms with E-state index in [2.05, 4.69) is 5.32 Å². The summed E-state index contributed by atoms with van der Waals surface area (Å²) in [5, 5.41) is 12.2. The van der Waals surface area contributed by atoms with Crippen molar-refractivity contribution in [3.05, 3.63) is 17.6 Å². The number of aliphatic hydroxyl groups is 1. The molecule has 1 aliphatic rings. The molecule has 2 heterocycles. The van der Waals surface area contributed by atoms with E-state index < -0.39 is 21.5 Å². The zero-order valence-corrected chi connectivity index (χ0v) is 16.0. The highest BCUT2D eigenvalue weighted by Crippen LogP contribution is 2.27. The summed E-state index contributed by atoms with van der Waals surface area (Å²) in [5.41, 5.74) is -0.527. The normalized spacial score (nSPS) is 16.3. The molecule has 142 valence electrons. The molecular formula is C17H28N2O5S. The summed E-state index contributed by atoms with van der Waals surface area (Å²) < 4.78 is 32.3. The van der Waals surface area contributed by atoms with Gasteiger partial charge in [-0.3, -0.25) is 4.79 Å². The van der Waals surface area contributed by atoms with Crippen LogP contribution >= 0.6 is 0 Å². The third-order valence-electron chi connectivity index (χ3n) is 5.10. The number of nitrogens with one attached hydrogen (secondary N) is 1. The highest BCUT2D eigenvalue weighted by Gasteiger charge is 2.33. The minimum atomic E-state index is -3.63. The van der Waals surface area contributed by atoms with Crippen LogP contribution in [0, 0.1) is 6.92 Å². The summed E-state index contributed by atoms with van der Waals surface area (Å²) in [6.07, 6.45) is 3.45. The van der Waals surface area contributed by atoms with Crippen molar-refractivity contribution >= 4 is 15.9 Å². The Bertz CT molecular complexity index is 701. The van der Waals surface area contributed by atoms with E-state index in [0.717, 1.165) is 12.8 Å². The van der Waals surface area contributed by atoms with Gasteiger partial charge in [0.2, 0.25) is 10.0 Å². The first kappa shape index (κ1) is 19.9. The van der Waals surface area contributed by atoms with Crippen LogP contribution in [0.3, 0.4) is 0 Å². The fourth-order valence-corrected chi connectivity index (χ4v) is 4.94. The first-order valence-electron chi connectivity index (χ1n) is 8.83. The van der Waals surface area contributed by atoms with Crippen LogP contribution < -0.4 is 5.32 Å². The summed E-state index contributed by atoms with van der Waals surface area (Å²) in [4.78, 5) is 12.6. The number of hydrogen-bond acceptors (Lipinski definition) is 5. The lowest BCUT2D eigenvalue weighted by Gasteiger charge is -2.32. The van der Waals surface area contributed by atoms with Gasteiger partial charge in [-0.1, -0.05) is 13.8 Å². The number of furan rings is 1. The van der Waals surface area contributed by atoms with Crippen molar-refractivity contribution in [3.63, 3.8) is 0 Å². The number of carbonyl (C=O) groups is 1. The van der Waals surface area contributed by atoms with Crippen molar-refractivity contribution in [1.82, 2.24) is 9.62 Å². The first-order chi connectivity index (χ1) is 11.8. The number of rotatable bonds is 8. The average molecular weight is 372 g/mol. The van der Waals surface area contributed by atoms with E-state index >= 15 is 0 Å². The largest absolute Gasteiger partial charge is 0.455 e. The van der Waals surface area contributed by atoms with E-state index in [1.165, 1.54) is 10.4 Å². The standard InChI is InChI=1S/C17H28N2O5S/c1-4-17(5-2,8-11-20)18-16(21)14-12-15(13(3)24-14)25(22,23)19-9-6-7-10-19/h12,20H,4-11H2,1-3H3,(H,18,21). The SMILES string of the molecule is CCC(CC)(CCO)NC(=O)c1cc(S(=O)(=O)N2CCCC2)c(C)o1. The third-order valence-corrected chi connectivity index (χ3v) is 7.11. The van der Waals surface area contributed by atoms with Gasteiger partial charge in [-0.15, -0.1) is 0 Å². The Kier molecular flexibility index (Phi) is 6.29. The number of aliphatic hydroxyl groups excluding tert-OH is 1. The molecule has 2 rings (SSSR count). The zero-order chi connectivity index (χ0) is 18.7. The fourth-order valence-electron chi connectivity index (χ4n) is 3.26. The Morgan fingerprint density at radius 1 is 1.32 bits per heavy atom. The lowest BCUT2D eigenvalue weighted by molar-refractivity contribution is 0.0839. The second-order valence-electron chi connectivity index (χ2n) is 6.56. The number of hydrogen-bond donors (Lipinski definition) is 2. The molecule has 1 aliphatic heterocycles. The molecule has 0 atom stereocenters. The van der Waals surface area contributed by atoms with Crippen LogP contribution in [0.1, 0.15) is 62.3 Å². The maximum absolute atomic E-state index is 12.7. The van der Waals surface area contributed by atoms with Crippen molar-refractivity contribution in [2.24, 2.45) is 0 Å². The molecule has 0 spiro atoms. The molecule has 25 heavy (non-hydrogen) atoms. The summed E-state index contributed by atoms with van der Waals surface area (Å²) in [6.45, 7) is 6.40. The van der Waals surface area contributed by atoms with E-state index in [1.807, 2.05) is 13.8 Å². The number of amides is 1. The molecule has 1 amide bonds. The van der Waals surface area contributed by atoms with Gasteiger partial charge in [-0.05, 0) is 39.0 Å². The van der Waals surface area contributed by atoms with Gasteiger partial charge >= 0.3 is 0 Å². The molecule has 0 saturated carbocycles. The van der Waals surface area contributed by atoms with Crippen LogP contribution in [0.5, 0.6) is 0 Å². The molecule has 2 N–H and O–H groups in total.